The summed E-state index contributed by atoms with van der Waals surface area (Å²) in [5, 5.41) is 10.9. The Balaban J connectivity index is 4.45. The summed E-state index contributed by atoms with van der Waals surface area (Å²) >= 11 is 3.93. The number of rotatable bonds is 4. The van der Waals surface area contributed by atoms with Gasteiger partial charge in [0, 0.05) is 0 Å². The highest BCUT2D eigenvalue weighted by molar-refractivity contribution is 7.81. The van der Waals surface area contributed by atoms with Crippen molar-refractivity contribution in [2.75, 3.05) is 7.11 Å². The first-order chi connectivity index (χ1) is 6.40. The average Bonchev–Trinajstić information content (AvgIpc) is 2.11. The molecule has 1 amide bonds. The van der Waals surface area contributed by atoms with Gasteiger partial charge in [-0.1, -0.05) is 0 Å². The Labute approximate surface area is 88.2 Å². The Morgan fingerprint density at radius 2 is 1.93 bits per heavy atom. The number of ether oxygens (including phenoxy) is 1. The summed E-state index contributed by atoms with van der Waals surface area (Å²) in [5.74, 6) is -0.353. The smallest absolute Gasteiger partial charge is 0.407 e. The van der Waals surface area contributed by atoms with Crippen LogP contribution in [0.1, 0.15) is 13.8 Å². The van der Waals surface area contributed by atoms with Crippen molar-refractivity contribution >= 4 is 24.5 Å². The molecule has 0 spiro atoms. The molecule has 0 aromatic carbocycles. The Morgan fingerprint density at radius 1 is 1.43 bits per heavy atom. The van der Waals surface area contributed by atoms with Gasteiger partial charge >= 0.3 is 6.09 Å². The highest BCUT2D eigenvalue weighted by atomic mass is 32.1. The van der Waals surface area contributed by atoms with E-state index in [4.69, 9.17) is 0 Å². The van der Waals surface area contributed by atoms with Gasteiger partial charge < -0.3 is 15.2 Å². The highest BCUT2D eigenvalue weighted by Gasteiger charge is 2.27. The van der Waals surface area contributed by atoms with Crippen LogP contribution in [0, 0.1) is 0 Å². The molecule has 0 radical (unpaired) electrons. The van der Waals surface area contributed by atoms with E-state index in [0.717, 1.165) is 0 Å². The van der Waals surface area contributed by atoms with E-state index in [0.29, 0.717) is 0 Å². The number of thiol groups is 1. The number of alkyl carbamates (subject to hydrolysis) is 1. The van der Waals surface area contributed by atoms with Gasteiger partial charge in [0.1, 0.15) is 6.04 Å². The van der Waals surface area contributed by atoms with Crippen molar-refractivity contribution in [2.45, 2.75) is 31.2 Å². The molecule has 0 fully saturated rings. The molecule has 6 heteroatoms. The lowest BCUT2D eigenvalue weighted by Gasteiger charge is -2.20. The molecule has 0 aromatic rings. The molecule has 2 N–H and O–H groups in total. The fourth-order valence-electron chi connectivity index (χ4n) is 0.875. The van der Waals surface area contributed by atoms with Gasteiger partial charge in [-0.3, -0.25) is 4.79 Å². The zero-order valence-corrected chi connectivity index (χ0v) is 9.25. The fraction of sp³-hybridized carbons (Fsp3) is 0.750. The van der Waals surface area contributed by atoms with Gasteiger partial charge in [-0.25, -0.2) is 4.79 Å². The van der Waals surface area contributed by atoms with Gasteiger partial charge in [0.25, 0.3) is 0 Å². The molecule has 82 valence electrons. The normalized spacial score (nSPS) is 16.6. The summed E-state index contributed by atoms with van der Waals surface area (Å²) in [6.07, 6.45) is -1.73. The number of ketones is 1. The van der Waals surface area contributed by atoms with E-state index in [9.17, 15) is 14.7 Å². The van der Waals surface area contributed by atoms with Crippen molar-refractivity contribution in [3.63, 3.8) is 0 Å². The van der Waals surface area contributed by atoms with Crippen LogP contribution in [0.25, 0.3) is 0 Å². The molecule has 0 aliphatic rings. The Morgan fingerprint density at radius 3 is 2.21 bits per heavy atom. The van der Waals surface area contributed by atoms with Crippen LogP contribution in [0.2, 0.25) is 0 Å². The SMILES string of the molecule is COC(=O)NC(C(=O)C(C)S)C(C)O. The molecule has 14 heavy (non-hydrogen) atoms. The molecule has 3 atom stereocenters. The largest absolute Gasteiger partial charge is 0.453 e. The molecule has 0 saturated heterocycles. The first-order valence-electron chi connectivity index (χ1n) is 4.14. The minimum absolute atomic E-state index is 0.353. The lowest BCUT2D eigenvalue weighted by atomic mass is 10.1. The van der Waals surface area contributed by atoms with E-state index in [1.54, 1.807) is 6.92 Å². The predicted molar refractivity (Wildman–Crippen MR) is 54.5 cm³/mol. The molecule has 0 bridgehead atoms. The molecule has 0 saturated carbocycles. The van der Waals surface area contributed by atoms with Gasteiger partial charge in [-0.05, 0) is 13.8 Å². The first kappa shape index (κ1) is 13.2. The minimum atomic E-state index is -0.977. The molecule has 0 aromatic heterocycles. The van der Waals surface area contributed by atoms with Crippen molar-refractivity contribution < 1.29 is 19.4 Å². The van der Waals surface area contributed by atoms with Crippen molar-refractivity contribution in [1.29, 1.82) is 0 Å². The van der Waals surface area contributed by atoms with Crippen LogP contribution in [0.3, 0.4) is 0 Å². The zero-order valence-electron chi connectivity index (χ0n) is 8.35. The van der Waals surface area contributed by atoms with Crippen LogP contribution in [0.4, 0.5) is 4.79 Å². The van der Waals surface area contributed by atoms with Crippen LogP contribution in [0.15, 0.2) is 0 Å². The molecule has 5 nitrogen and oxygen atoms in total. The Hall–Kier alpha value is -0.750. The predicted octanol–water partition coefficient (Wildman–Crippen LogP) is -0.0208. The van der Waals surface area contributed by atoms with Gasteiger partial charge in [0.05, 0.1) is 18.5 Å². The first-order valence-corrected chi connectivity index (χ1v) is 4.66. The number of aliphatic hydroxyl groups excluding tert-OH is 1. The average molecular weight is 221 g/mol. The number of hydrogen-bond acceptors (Lipinski definition) is 5. The zero-order chi connectivity index (χ0) is 11.3. The van der Waals surface area contributed by atoms with Gasteiger partial charge in [0.15, 0.2) is 5.78 Å². The topological polar surface area (TPSA) is 75.6 Å². The highest BCUT2D eigenvalue weighted by Crippen LogP contribution is 2.04. The van der Waals surface area contributed by atoms with Crippen molar-refractivity contribution in [2.24, 2.45) is 0 Å². The molecule has 0 heterocycles. The molecule has 3 unspecified atom stereocenters. The summed E-state index contributed by atoms with van der Waals surface area (Å²) < 4.78 is 4.32. The Bertz CT molecular complexity index is 217. The number of hydrogen-bond donors (Lipinski definition) is 3. The van der Waals surface area contributed by atoms with Gasteiger partial charge in [0.2, 0.25) is 0 Å². The Kier molecular flexibility index (Phi) is 5.56. The second-order valence-electron chi connectivity index (χ2n) is 2.93. The van der Waals surface area contributed by atoms with Crippen LogP contribution in [-0.2, 0) is 9.53 Å². The van der Waals surface area contributed by atoms with Crippen LogP contribution in [0.5, 0.6) is 0 Å². The third-order valence-corrected chi connectivity index (χ3v) is 1.91. The monoisotopic (exact) mass is 221 g/mol. The number of carbonyl (C=O) groups excluding carboxylic acids is 2. The summed E-state index contributed by atoms with van der Waals surface area (Å²) in [6, 6.07) is -0.977. The lowest BCUT2D eigenvalue weighted by molar-refractivity contribution is -0.122. The summed E-state index contributed by atoms with van der Waals surface area (Å²) in [4.78, 5) is 22.3. The summed E-state index contributed by atoms with van der Waals surface area (Å²) in [5.41, 5.74) is 0. The number of amides is 1. The van der Waals surface area contributed by atoms with Crippen molar-refractivity contribution in [1.82, 2.24) is 5.32 Å². The number of nitrogens with one attached hydrogen (secondary N) is 1. The van der Waals surface area contributed by atoms with Crippen LogP contribution >= 0.6 is 12.6 Å². The van der Waals surface area contributed by atoms with E-state index in [1.165, 1.54) is 14.0 Å². The molecular weight excluding hydrogens is 206 g/mol. The van der Waals surface area contributed by atoms with Crippen LogP contribution < -0.4 is 5.32 Å². The van der Waals surface area contributed by atoms with E-state index in [2.05, 4.69) is 22.7 Å². The third-order valence-electron chi connectivity index (χ3n) is 1.66. The minimum Gasteiger partial charge on any atom is -0.453 e. The second kappa shape index (κ2) is 5.87. The van der Waals surface area contributed by atoms with E-state index in [-0.39, 0.29) is 5.78 Å². The van der Waals surface area contributed by atoms with E-state index in [1.807, 2.05) is 0 Å². The number of carbonyl (C=O) groups is 2. The number of methoxy groups -OCH3 is 1. The fourth-order valence-corrected chi connectivity index (χ4v) is 1.04. The van der Waals surface area contributed by atoms with Crippen molar-refractivity contribution in [3.8, 4) is 0 Å². The lowest BCUT2D eigenvalue weighted by Crippen LogP contribution is -2.49. The quantitative estimate of drug-likeness (QED) is 0.583. The van der Waals surface area contributed by atoms with Crippen molar-refractivity contribution in [3.05, 3.63) is 0 Å². The molecule has 0 rings (SSSR count). The molecule has 0 aliphatic heterocycles. The maximum absolute atomic E-state index is 11.4. The maximum Gasteiger partial charge on any atom is 0.407 e. The molecular formula is C8H15NO4S. The molecule has 0 aliphatic carbocycles. The third kappa shape index (κ3) is 3.97. The van der Waals surface area contributed by atoms with Crippen LogP contribution in [-0.4, -0.2) is 41.5 Å². The summed E-state index contributed by atoms with van der Waals surface area (Å²) in [6.45, 7) is 2.98. The summed E-state index contributed by atoms with van der Waals surface area (Å²) in [7, 11) is 1.18. The number of aliphatic hydroxyl groups is 1. The van der Waals surface area contributed by atoms with Gasteiger partial charge in [-0.15, -0.1) is 0 Å². The van der Waals surface area contributed by atoms with E-state index < -0.39 is 23.5 Å². The van der Waals surface area contributed by atoms with E-state index >= 15 is 0 Å². The number of Topliss-reactive ketones (excluding diaryl/α,β-unsaturated/α-hetero) is 1. The maximum atomic E-state index is 11.4. The van der Waals surface area contributed by atoms with Gasteiger partial charge in [-0.2, -0.15) is 12.6 Å². The standard InChI is InChI=1S/C8H15NO4S/c1-4(10)6(7(11)5(2)14)9-8(12)13-3/h4-6,10,14H,1-3H3,(H,9,12). The second-order valence-corrected chi connectivity index (χ2v) is 3.71.